The molecule has 0 aromatic carbocycles. The fraction of sp³-hybridized carbons (Fsp3) is 0.286. The maximum absolute atomic E-state index is 11.7. The number of rotatable bonds is 5. The first-order valence-corrected chi connectivity index (χ1v) is 7.40. The van der Waals surface area contributed by atoms with Gasteiger partial charge in [-0.2, -0.15) is 0 Å². The second kappa shape index (κ2) is 7.51. The Hall–Kier alpha value is -2.48. The van der Waals surface area contributed by atoms with Crippen LogP contribution < -0.4 is 5.32 Å². The van der Waals surface area contributed by atoms with Gasteiger partial charge in [0.1, 0.15) is 6.61 Å². The molecular weight excluding hydrogens is 304 g/mol. The van der Waals surface area contributed by atoms with Gasteiger partial charge in [-0.15, -0.1) is 11.3 Å². The van der Waals surface area contributed by atoms with Crippen molar-refractivity contribution in [3.63, 3.8) is 0 Å². The van der Waals surface area contributed by atoms with Crippen LogP contribution in [0.25, 0.3) is 0 Å². The molecule has 0 atom stereocenters. The van der Waals surface area contributed by atoms with E-state index in [2.05, 4.69) is 15.3 Å². The Morgan fingerprint density at radius 1 is 1.41 bits per heavy atom. The minimum atomic E-state index is -0.594. The molecular formula is C14H16N4O3S. The smallest absolute Gasteiger partial charge is 0.413 e. The molecule has 7 nitrogen and oxygen atoms in total. The topological polar surface area (TPSA) is 84.4 Å². The zero-order chi connectivity index (χ0) is 15.9. The first kappa shape index (κ1) is 15.9. The van der Waals surface area contributed by atoms with E-state index in [1.807, 2.05) is 6.07 Å². The number of nitrogens with one attached hydrogen (secondary N) is 1. The lowest BCUT2D eigenvalue weighted by molar-refractivity contribution is -0.128. The van der Waals surface area contributed by atoms with Gasteiger partial charge >= 0.3 is 6.09 Å². The van der Waals surface area contributed by atoms with Crippen molar-refractivity contribution in [2.24, 2.45) is 0 Å². The van der Waals surface area contributed by atoms with E-state index >= 15 is 0 Å². The van der Waals surface area contributed by atoms with Gasteiger partial charge in [0.15, 0.2) is 5.13 Å². The Morgan fingerprint density at radius 2 is 2.23 bits per heavy atom. The van der Waals surface area contributed by atoms with Crippen LogP contribution in [-0.2, 0) is 22.6 Å². The average Bonchev–Trinajstić information content (AvgIpc) is 2.93. The predicted octanol–water partition coefficient (Wildman–Crippen LogP) is 1.92. The summed E-state index contributed by atoms with van der Waals surface area (Å²) in [7, 11) is 3.37. The number of amides is 2. The molecule has 2 heterocycles. The van der Waals surface area contributed by atoms with Gasteiger partial charge in [-0.1, -0.05) is 6.07 Å². The van der Waals surface area contributed by atoms with Gasteiger partial charge < -0.3 is 9.64 Å². The molecule has 8 heteroatoms. The molecule has 0 unspecified atom stereocenters. The second-order valence-electron chi connectivity index (χ2n) is 4.67. The Balaban J connectivity index is 1.82. The molecule has 0 aliphatic heterocycles. The highest BCUT2D eigenvalue weighted by atomic mass is 32.1. The Kier molecular flexibility index (Phi) is 5.42. The SMILES string of the molecule is CN(C)C(=O)Cc1csc(NC(=O)OCc2cccnc2)n1. The number of likely N-dealkylation sites (N-methyl/N-ethyl adjacent to an activating group) is 1. The zero-order valence-corrected chi connectivity index (χ0v) is 13.1. The van der Waals surface area contributed by atoms with Crippen LogP contribution in [0, 0.1) is 0 Å². The molecule has 0 spiro atoms. The Bertz CT molecular complexity index is 643. The van der Waals surface area contributed by atoms with E-state index in [4.69, 9.17) is 4.74 Å². The van der Waals surface area contributed by atoms with Crippen LogP contribution in [0.2, 0.25) is 0 Å². The van der Waals surface area contributed by atoms with Gasteiger partial charge in [0.2, 0.25) is 5.91 Å². The van der Waals surface area contributed by atoms with Gasteiger partial charge in [0.05, 0.1) is 12.1 Å². The van der Waals surface area contributed by atoms with E-state index in [1.165, 1.54) is 16.2 Å². The highest BCUT2D eigenvalue weighted by Crippen LogP contribution is 2.16. The Labute approximate surface area is 132 Å². The molecule has 0 aliphatic carbocycles. The van der Waals surface area contributed by atoms with Crippen LogP contribution >= 0.6 is 11.3 Å². The number of nitrogens with zero attached hydrogens (tertiary/aromatic N) is 3. The molecule has 2 aromatic heterocycles. The lowest BCUT2D eigenvalue weighted by atomic mass is 10.3. The van der Waals surface area contributed by atoms with Crippen LogP contribution in [0.3, 0.4) is 0 Å². The Morgan fingerprint density at radius 3 is 2.91 bits per heavy atom. The van der Waals surface area contributed by atoms with Crippen molar-refractivity contribution in [2.45, 2.75) is 13.0 Å². The van der Waals surface area contributed by atoms with Crippen molar-refractivity contribution in [1.82, 2.24) is 14.9 Å². The third-order valence-corrected chi connectivity index (χ3v) is 3.49. The minimum Gasteiger partial charge on any atom is -0.444 e. The molecule has 1 N–H and O–H groups in total. The molecule has 2 aromatic rings. The van der Waals surface area contributed by atoms with Crippen molar-refractivity contribution >= 4 is 28.5 Å². The molecule has 0 aliphatic rings. The van der Waals surface area contributed by atoms with Crippen molar-refractivity contribution in [2.75, 3.05) is 19.4 Å². The third kappa shape index (κ3) is 4.81. The molecule has 116 valence electrons. The summed E-state index contributed by atoms with van der Waals surface area (Å²) in [6.45, 7) is 0.136. The molecule has 2 amide bonds. The van der Waals surface area contributed by atoms with E-state index in [0.717, 1.165) is 5.56 Å². The van der Waals surface area contributed by atoms with Crippen molar-refractivity contribution in [3.8, 4) is 0 Å². The summed E-state index contributed by atoms with van der Waals surface area (Å²) < 4.78 is 5.06. The quantitative estimate of drug-likeness (QED) is 0.910. The first-order valence-electron chi connectivity index (χ1n) is 6.52. The molecule has 2 rings (SSSR count). The number of carbonyl (C=O) groups is 2. The number of anilines is 1. The van der Waals surface area contributed by atoms with E-state index in [0.29, 0.717) is 10.8 Å². The molecule has 22 heavy (non-hydrogen) atoms. The number of aromatic nitrogens is 2. The highest BCUT2D eigenvalue weighted by Gasteiger charge is 2.11. The van der Waals surface area contributed by atoms with Crippen molar-refractivity contribution < 1.29 is 14.3 Å². The van der Waals surface area contributed by atoms with Gasteiger partial charge in [0, 0.05) is 37.4 Å². The van der Waals surface area contributed by atoms with Crippen LogP contribution in [-0.4, -0.2) is 41.0 Å². The monoisotopic (exact) mass is 320 g/mol. The normalized spacial score (nSPS) is 10.1. The molecule has 0 fully saturated rings. The fourth-order valence-electron chi connectivity index (χ4n) is 1.51. The maximum atomic E-state index is 11.7. The summed E-state index contributed by atoms with van der Waals surface area (Å²) in [6, 6.07) is 3.58. The van der Waals surface area contributed by atoms with Crippen molar-refractivity contribution in [1.29, 1.82) is 0 Å². The van der Waals surface area contributed by atoms with Crippen molar-refractivity contribution in [3.05, 3.63) is 41.2 Å². The minimum absolute atomic E-state index is 0.0454. The summed E-state index contributed by atoms with van der Waals surface area (Å²) in [5.74, 6) is -0.0454. The van der Waals surface area contributed by atoms with Crippen LogP contribution in [0.4, 0.5) is 9.93 Å². The van der Waals surface area contributed by atoms with Crippen LogP contribution in [0.15, 0.2) is 29.9 Å². The van der Waals surface area contributed by atoms with E-state index < -0.39 is 6.09 Å². The third-order valence-electron chi connectivity index (χ3n) is 2.68. The predicted molar refractivity (Wildman–Crippen MR) is 82.6 cm³/mol. The summed E-state index contributed by atoms with van der Waals surface area (Å²) in [6.07, 6.45) is 2.89. The lowest BCUT2D eigenvalue weighted by Crippen LogP contribution is -2.23. The van der Waals surface area contributed by atoms with Gasteiger partial charge in [-0.25, -0.2) is 9.78 Å². The summed E-state index contributed by atoms with van der Waals surface area (Å²) in [5.41, 5.74) is 1.42. The van der Waals surface area contributed by atoms with Crippen LogP contribution in [0.1, 0.15) is 11.3 Å². The number of pyridine rings is 1. The number of carbonyl (C=O) groups excluding carboxylic acids is 2. The highest BCUT2D eigenvalue weighted by molar-refractivity contribution is 7.13. The second-order valence-corrected chi connectivity index (χ2v) is 5.53. The number of ether oxygens (including phenoxy) is 1. The molecule has 0 radical (unpaired) electrons. The average molecular weight is 320 g/mol. The number of thiazole rings is 1. The van der Waals surface area contributed by atoms with Gasteiger partial charge in [0.25, 0.3) is 0 Å². The molecule has 0 saturated heterocycles. The standard InChI is InChI=1S/C14H16N4O3S/c1-18(2)12(19)6-11-9-22-13(16-11)17-14(20)21-8-10-4-3-5-15-7-10/h3-5,7,9H,6,8H2,1-2H3,(H,16,17,20). The largest absolute Gasteiger partial charge is 0.444 e. The summed E-state index contributed by atoms with van der Waals surface area (Å²) in [5, 5.41) is 4.67. The first-order chi connectivity index (χ1) is 10.5. The summed E-state index contributed by atoms with van der Waals surface area (Å²) in [4.78, 5) is 32.8. The van der Waals surface area contributed by atoms with Crippen LogP contribution in [0.5, 0.6) is 0 Å². The zero-order valence-electron chi connectivity index (χ0n) is 12.3. The fourth-order valence-corrected chi connectivity index (χ4v) is 2.21. The lowest BCUT2D eigenvalue weighted by Gasteiger charge is -2.08. The molecule has 0 bridgehead atoms. The summed E-state index contributed by atoms with van der Waals surface area (Å²) >= 11 is 1.25. The van der Waals surface area contributed by atoms with Gasteiger partial charge in [-0.05, 0) is 6.07 Å². The number of hydrogen-bond donors (Lipinski definition) is 1. The molecule has 0 saturated carbocycles. The van der Waals surface area contributed by atoms with E-state index in [-0.39, 0.29) is 18.9 Å². The van der Waals surface area contributed by atoms with E-state index in [1.54, 1.807) is 37.9 Å². The maximum Gasteiger partial charge on any atom is 0.413 e. The number of hydrogen-bond acceptors (Lipinski definition) is 6. The van der Waals surface area contributed by atoms with E-state index in [9.17, 15) is 9.59 Å². The van der Waals surface area contributed by atoms with Gasteiger partial charge in [-0.3, -0.25) is 15.1 Å².